The highest BCUT2D eigenvalue weighted by Crippen LogP contribution is 2.17. The van der Waals surface area contributed by atoms with Gasteiger partial charge in [0.25, 0.3) is 5.56 Å². The summed E-state index contributed by atoms with van der Waals surface area (Å²) in [6.45, 7) is 2.37. The molecule has 0 aliphatic heterocycles. The molecule has 0 amide bonds. The largest absolute Gasteiger partial charge is 0.337 e. The van der Waals surface area contributed by atoms with Crippen LogP contribution in [0.25, 0.3) is 22.3 Å². The van der Waals surface area contributed by atoms with Crippen molar-refractivity contribution in [3.05, 3.63) is 117 Å². The minimum atomic E-state index is -0.398. The lowest BCUT2D eigenvalue weighted by molar-refractivity contribution is 0.369. The summed E-state index contributed by atoms with van der Waals surface area (Å²) in [4.78, 5) is 30.9. The zero-order chi connectivity index (χ0) is 22.8. The standard InChI is InChI=1S/C26H22N4O3/c1-18-11-13-20(14-12-18)24-27-23(33-28-24)17-30-22-10-6-5-9-21(22)25(31)29(26(30)32)16-15-19-7-3-2-4-8-19/h2-14H,15-17H2,1H3. The zero-order valence-corrected chi connectivity index (χ0v) is 18.1. The lowest BCUT2D eigenvalue weighted by atomic mass is 10.1. The molecule has 0 N–H and O–H groups in total. The molecule has 0 bridgehead atoms. The van der Waals surface area contributed by atoms with E-state index in [2.05, 4.69) is 10.1 Å². The van der Waals surface area contributed by atoms with Crippen LogP contribution in [0.5, 0.6) is 0 Å². The van der Waals surface area contributed by atoms with Gasteiger partial charge in [0.15, 0.2) is 0 Å². The maximum Gasteiger partial charge on any atom is 0.331 e. The number of nitrogens with zero attached hydrogens (tertiary/aromatic N) is 4. The van der Waals surface area contributed by atoms with Crippen LogP contribution in [0.1, 0.15) is 17.0 Å². The number of hydrogen-bond acceptors (Lipinski definition) is 5. The van der Waals surface area contributed by atoms with Gasteiger partial charge in [-0.3, -0.25) is 13.9 Å². The Morgan fingerprint density at radius 2 is 1.58 bits per heavy atom. The molecule has 0 saturated heterocycles. The Balaban J connectivity index is 1.53. The van der Waals surface area contributed by atoms with Crippen molar-refractivity contribution in [2.45, 2.75) is 26.4 Å². The molecule has 5 rings (SSSR count). The smallest absolute Gasteiger partial charge is 0.331 e. The first kappa shape index (κ1) is 20.6. The molecule has 164 valence electrons. The molecular weight excluding hydrogens is 416 g/mol. The topological polar surface area (TPSA) is 82.9 Å². The summed E-state index contributed by atoms with van der Waals surface area (Å²) < 4.78 is 8.25. The van der Waals surface area contributed by atoms with Crippen molar-refractivity contribution in [3.63, 3.8) is 0 Å². The maximum atomic E-state index is 13.4. The van der Waals surface area contributed by atoms with Crippen LogP contribution in [-0.2, 0) is 19.5 Å². The summed E-state index contributed by atoms with van der Waals surface area (Å²) in [5.74, 6) is 0.755. The van der Waals surface area contributed by atoms with E-state index < -0.39 is 5.69 Å². The molecule has 0 fully saturated rings. The van der Waals surface area contributed by atoms with E-state index in [1.54, 1.807) is 24.3 Å². The van der Waals surface area contributed by atoms with E-state index in [0.29, 0.717) is 29.0 Å². The van der Waals surface area contributed by atoms with Gasteiger partial charge in [-0.25, -0.2) is 4.79 Å². The highest BCUT2D eigenvalue weighted by molar-refractivity contribution is 5.77. The minimum absolute atomic E-state index is 0.0732. The van der Waals surface area contributed by atoms with Crippen LogP contribution < -0.4 is 11.2 Å². The summed E-state index contributed by atoms with van der Waals surface area (Å²) in [7, 11) is 0. The van der Waals surface area contributed by atoms with Crippen molar-refractivity contribution < 1.29 is 4.52 Å². The number of aryl methyl sites for hydroxylation is 2. The normalized spacial score (nSPS) is 11.2. The molecule has 0 spiro atoms. The average Bonchev–Trinajstić information content (AvgIpc) is 3.31. The van der Waals surface area contributed by atoms with Crippen LogP contribution in [0, 0.1) is 6.92 Å². The fraction of sp³-hybridized carbons (Fsp3) is 0.154. The molecule has 0 radical (unpaired) electrons. The van der Waals surface area contributed by atoms with Gasteiger partial charge in [0.1, 0.15) is 6.54 Å². The molecule has 2 heterocycles. The Bertz CT molecular complexity index is 1530. The van der Waals surface area contributed by atoms with Gasteiger partial charge >= 0.3 is 5.69 Å². The molecule has 2 aromatic heterocycles. The Labute approximate surface area is 189 Å². The molecule has 0 atom stereocenters. The molecule has 0 aliphatic rings. The van der Waals surface area contributed by atoms with E-state index >= 15 is 0 Å². The van der Waals surface area contributed by atoms with Crippen LogP contribution in [0.4, 0.5) is 0 Å². The highest BCUT2D eigenvalue weighted by Gasteiger charge is 2.16. The predicted octanol–water partition coefficient (Wildman–Crippen LogP) is 3.81. The predicted molar refractivity (Wildman–Crippen MR) is 126 cm³/mol. The Morgan fingerprint density at radius 3 is 2.36 bits per heavy atom. The molecule has 0 aliphatic carbocycles. The van der Waals surface area contributed by atoms with E-state index in [4.69, 9.17) is 4.52 Å². The Kier molecular flexibility index (Phi) is 5.44. The van der Waals surface area contributed by atoms with Gasteiger partial charge in [-0.2, -0.15) is 4.98 Å². The van der Waals surface area contributed by atoms with Crippen LogP contribution >= 0.6 is 0 Å². The van der Waals surface area contributed by atoms with Crippen molar-refractivity contribution in [1.82, 2.24) is 19.3 Å². The van der Waals surface area contributed by atoms with Gasteiger partial charge in [-0.1, -0.05) is 77.5 Å². The van der Waals surface area contributed by atoms with E-state index in [1.165, 1.54) is 9.13 Å². The quantitative estimate of drug-likeness (QED) is 0.403. The van der Waals surface area contributed by atoms with E-state index in [9.17, 15) is 9.59 Å². The van der Waals surface area contributed by atoms with Crippen LogP contribution in [0.15, 0.2) is 93.0 Å². The molecule has 7 heteroatoms. The van der Waals surface area contributed by atoms with Crippen molar-refractivity contribution in [1.29, 1.82) is 0 Å². The van der Waals surface area contributed by atoms with Crippen molar-refractivity contribution in [2.24, 2.45) is 0 Å². The third-order valence-corrected chi connectivity index (χ3v) is 5.67. The Morgan fingerprint density at radius 1 is 0.848 bits per heavy atom. The fourth-order valence-corrected chi connectivity index (χ4v) is 3.88. The molecule has 33 heavy (non-hydrogen) atoms. The van der Waals surface area contributed by atoms with Crippen LogP contribution in [0.3, 0.4) is 0 Å². The van der Waals surface area contributed by atoms with Crippen LogP contribution in [-0.4, -0.2) is 19.3 Å². The van der Waals surface area contributed by atoms with Gasteiger partial charge in [0, 0.05) is 12.1 Å². The SMILES string of the molecule is Cc1ccc(-c2noc(Cn3c(=O)n(CCc4ccccc4)c(=O)c4ccccc43)n2)cc1. The van der Waals surface area contributed by atoms with Crippen molar-refractivity contribution >= 4 is 10.9 Å². The van der Waals surface area contributed by atoms with Crippen LogP contribution in [0.2, 0.25) is 0 Å². The molecule has 3 aromatic carbocycles. The first-order valence-electron chi connectivity index (χ1n) is 10.8. The molecule has 0 saturated carbocycles. The number of rotatable bonds is 6. The molecule has 5 aromatic rings. The summed E-state index contributed by atoms with van der Waals surface area (Å²) in [5.41, 5.74) is 2.87. The number of fused-ring (bicyclic) bond motifs is 1. The third-order valence-electron chi connectivity index (χ3n) is 5.67. The number of benzene rings is 3. The maximum absolute atomic E-state index is 13.4. The second kappa shape index (κ2) is 8.70. The van der Waals surface area contributed by atoms with E-state index in [0.717, 1.165) is 16.7 Å². The lowest BCUT2D eigenvalue weighted by Gasteiger charge is -2.12. The van der Waals surface area contributed by atoms with Gasteiger partial charge in [0.05, 0.1) is 10.9 Å². The second-order valence-corrected chi connectivity index (χ2v) is 7.96. The number of para-hydroxylation sites is 1. The monoisotopic (exact) mass is 438 g/mol. The fourth-order valence-electron chi connectivity index (χ4n) is 3.88. The second-order valence-electron chi connectivity index (χ2n) is 7.96. The average molecular weight is 438 g/mol. The van der Waals surface area contributed by atoms with Crippen molar-refractivity contribution in [2.75, 3.05) is 0 Å². The first-order chi connectivity index (χ1) is 16.1. The van der Waals surface area contributed by atoms with E-state index in [1.807, 2.05) is 61.5 Å². The summed E-state index contributed by atoms with van der Waals surface area (Å²) >= 11 is 0. The first-order valence-corrected chi connectivity index (χ1v) is 10.8. The molecular formula is C26H22N4O3. The summed E-state index contributed by atoms with van der Waals surface area (Å²) in [6, 6.07) is 24.7. The van der Waals surface area contributed by atoms with Gasteiger partial charge < -0.3 is 4.52 Å². The zero-order valence-electron chi connectivity index (χ0n) is 18.1. The minimum Gasteiger partial charge on any atom is -0.337 e. The number of aromatic nitrogens is 4. The summed E-state index contributed by atoms with van der Waals surface area (Å²) in [5, 5.41) is 4.54. The molecule has 7 nitrogen and oxygen atoms in total. The number of hydrogen-bond donors (Lipinski definition) is 0. The summed E-state index contributed by atoms with van der Waals surface area (Å²) in [6.07, 6.45) is 0.576. The highest BCUT2D eigenvalue weighted by atomic mass is 16.5. The third kappa shape index (κ3) is 4.13. The van der Waals surface area contributed by atoms with Crippen molar-refractivity contribution in [3.8, 4) is 11.4 Å². The van der Waals surface area contributed by atoms with E-state index in [-0.39, 0.29) is 18.6 Å². The Hall–Kier alpha value is -4.26. The van der Waals surface area contributed by atoms with Gasteiger partial charge in [-0.15, -0.1) is 0 Å². The van der Waals surface area contributed by atoms with Gasteiger partial charge in [-0.05, 0) is 31.0 Å². The van der Waals surface area contributed by atoms with Gasteiger partial charge in [0.2, 0.25) is 11.7 Å². The lowest BCUT2D eigenvalue weighted by Crippen LogP contribution is -2.40. The molecule has 0 unspecified atom stereocenters.